The van der Waals surface area contributed by atoms with Crippen LogP contribution >= 0.6 is 0 Å². The molecule has 2 aromatic heterocycles. The molecule has 2 N–H and O–H groups in total. The highest BCUT2D eigenvalue weighted by Gasteiger charge is 2.30. The number of carbonyl (C=O) groups is 2. The first-order chi connectivity index (χ1) is 16.4. The van der Waals surface area contributed by atoms with Crippen molar-refractivity contribution in [3.63, 3.8) is 0 Å². The number of hydrogen-bond acceptors (Lipinski definition) is 7. The maximum atomic E-state index is 14.7. The first-order valence-corrected chi connectivity index (χ1v) is 10.4. The predicted octanol–water partition coefficient (Wildman–Crippen LogP) is -0.820. The number of allylic oxidation sites excluding steroid dienone is 1. The minimum Gasteiger partial charge on any atom is -0.868 e. The average molecular weight is 462 g/mol. The lowest BCUT2D eigenvalue weighted by atomic mass is 10.1. The third kappa shape index (κ3) is 3.64. The molecule has 4 heterocycles. The lowest BCUT2D eigenvalue weighted by Gasteiger charge is -2.36. The molecule has 0 saturated carbocycles. The van der Waals surface area contributed by atoms with E-state index in [9.17, 15) is 19.1 Å². The number of rotatable bonds is 3. The van der Waals surface area contributed by atoms with Crippen molar-refractivity contribution in [2.24, 2.45) is 4.99 Å². The smallest absolute Gasteiger partial charge is 0.313 e. The maximum absolute atomic E-state index is 14.7. The van der Waals surface area contributed by atoms with Crippen LogP contribution in [-0.2, 0) is 4.79 Å². The van der Waals surface area contributed by atoms with Gasteiger partial charge < -0.3 is 14.9 Å². The second kappa shape index (κ2) is 8.39. The molecule has 0 radical (unpaired) electrons. The normalized spacial score (nSPS) is 16.5. The molecule has 2 aliphatic heterocycles. The minimum atomic E-state index is -0.879. The van der Waals surface area contributed by atoms with E-state index >= 15 is 0 Å². The van der Waals surface area contributed by atoms with Crippen LogP contribution in [0, 0.1) is 5.82 Å². The zero-order chi connectivity index (χ0) is 23.8. The van der Waals surface area contributed by atoms with Crippen molar-refractivity contribution >= 4 is 29.3 Å². The van der Waals surface area contributed by atoms with Crippen LogP contribution in [0.25, 0.3) is 11.4 Å². The number of aromatic nitrogens is 4. The maximum Gasteiger partial charge on any atom is 0.313 e. The quantitative estimate of drug-likeness (QED) is 0.234. The summed E-state index contributed by atoms with van der Waals surface area (Å²) in [4.78, 5) is 37.7. The first-order valence-electron chi connectivity index (χ1n) is 10.4. The van der Waals surface area contributed by atoms with Gasteiger partial charge in [-0.05, 0) is 17.9 Å². The number of aliphatic imine (C=N–C) groups is 1. The van der Waals surface area contributed by atoms with Crippen molar-refractivity contribution in [2.45, 2.75) is 0 Å². The summed E-state index contributed by atoms with van der Waals surface area (Å²) in [6.45, 7) is 0.948. The van der Waals surface area contributed by atoms with Gasteiger partial charge in [-0.1, -0.05) is 23.0 Å². The molecule has 0 bridgehead atoms. The minimum absolute atomic E-state index is 0.0816. The SMILES string of the molecule is Nn1cc[n+](-c2ncc(F)c3c2N=C/C3=C(/[O-])C(=O)N2CCN(C(=O)c3ccccc3)CC2)n1. The number of nitrogen functional groups attached to an aromatic ring is 1. The molecule has 11 nitrogen and oxygen atoms in total. The van der Waals surface area contributed by atoms with Gasteiger partial charge in [0, 0.05) is 43.5 Å². The van der Waals surface area contributed by atoms with Crippen molar-refractivity contribution in [2.75, 3.05) is 32.0 Å². The summed E-state index contributed by atoms with van der Waals surface area (Å²) in [5.41, 5.74) is 0.375. The molecule has 2 aliphatic rings. The second-order valence-electron chi connectivity index (χ2n) is 7.72. The number of nitrogens with zero attached hydrogens (tertiary/aromatic N) is 7. The Bertz CT molecular complexity index is 1340. The fourth-order valence-corrected chi connectivity index (χ4v) is 3.93. The third-order valence-electron chi connectivity index (χ3n) is 5.67. The number of carbonyl (C=O) groups excluding carboxylic acids is 2. The molecule has 2 amide bonds. The van der Waals surface area contributed by atoms with Crippen LogP contribution in [0.3, 0.4) is 0 Å². The molecule has 3 aromatic rings. The van der Waals surface area contributed by atoms with Gasteiger partial charge in [-0.2, -0.15) is 0 Å². The van der Waals surface area contributed by atoms with Crippen molar-refractivity contribution in [1.29, 1.82) is 0 Å². The van der Waals surface area contributed by atoms with Crippen LogP contribution in [0.1, 0.15) is 15.9 Å². The van der Waals surface area contributed by atoms with Gasteiger partial charge >= 0.3 is 5.82 Å². The standard InChI is InChI=1S/C22H19FN8O3/c23-16-13-26-20(30-10-11-31(24)27-30)18-17(16)15(12-25-18)19(32)22(34)29-8-6-28(7-9-29)21(33)14-4-2-1-3-5-14/h1-5,10-13H,6-9H2,(H2-,24,25,26,27,32). The molecule has 34 heavy (non-hydrogen) atoms. The summed E-state index contributed by atoms with van der Waals surface area (Å²) in [6.07, 6.45) is 5.06. The second-order valence-corrected chi connectivity index (χ2v) is 7.72. The van der Waals surface area contributed by atoms with Crippen molar-refractivity contribution in [1.82, 2.24) is 24.8 Å². The van der Waals surface area contributed by atoms with E-state index in [1.54, 1.807) is 29.2 Å². The monoisotopic (exact) mass is 462 g/mol. The Morgan fingerprint density at radius 3 is 2.47 bits per heavy atom. The van der Waals surface area contributed by atoms with E-state index in [0.29, 0.717) is 5.56 Å². The number of hydrogen-bond donors (Lipinski definition) is 1. The Morgan fingerprint density at radius 1 is 1.09 bits per heavy atom. The van der Waals surface area contributed by atoms with Crippen LogP contribution in [-0.4, -0.2) is 69.0 Å². The number of fused-ring (bicyclic) bond motifs is 1. The first kappa shape index (κ1) is 21.2. The summed E-state index contributed by atoms with van der Waals surface area (Å²) in [6, 6.07) is 8.84. The van der Waals surface area contributed by atoms with Crippen molar-refractivity contribution < 1.29 is 23.8 Å². The van der Waals surface area contributed by atoms with Gasteiger partial charge in [-0.3, -0.25) is 15.4 Å². The van der Waals surface area contributed by atoms with Gasteiger partial charge in [0.05, 0.1) is 10.8 Å². The van der Waals surface area contributed by atoms with E-state index in [4.69, 9.17) is 5.84 Å². The molecule has 1 saturated heterocycles. The zero-order valence-electron chi connectivity index (χ0n) is 17.8. The van der Waals surface area contributed by atoms with E-state index in [1.165, 1.54) is 22.0 Å². The lowest BCUT2D eigenvalue weighted by molar-refractivity contribution is -0.664. The number of amides is 2. The number of benzene rings is 1. The Morgan fingerprint density at radius 2 is 1.79 bits per heavy atom. The van der Waals surface area contributed by atoms with Crippen LogP contribution < -0.4 is 15.6 Å². The molecule has 0 atom stereocenters. The topological polar surface area (TPSA) is 137 Å². The van der Waals surface area contributed by atoms with Gasteiger partial charge in [0.15, 0.2) is 11.5 Å². The number of nitrogens with two attached hydrogens (primary N) is 1. The molecule has 0 spiro atoms. The van der Waals surface area contributed by atoms with Gasteiger partial charge in [-0.25, -0.2) is 9.38 Å². The van der Waals surface area contributed by atoms with Crippen molar-refractivity contribution in [3.05, 3.63) is 71.6 Å². The molecule has 1 aromatic carbocycles. The fraction of sp³-hybridized carbons (Fsp3) is 0.182. The zero-order valence-corrected chi connectivity index (χ0v) is 17.8. The van der Waals surface area contributed by atoms with Gasteiger partial charge in [0.2, 0.25) is 5.91 Å². The molecular weight excluding hydrogens is 443 g/mol. The number of piperazine rings is 1. The highest BCUT2D eigenvalue weighted by Crippen LogP contribution is 2.36. The molecular formula is C22H19FN8O3. The number of halogens is 1. The fourth-order valence-electron chi connectivity index (χ4n) is 3.93. The average Bonchev–Trinajstić information content (AvgIpc) is 3.51. The van der Waals surface area contributed by atoms with Crippen molar-refractivity contribution in [3.8, 4) is 5.82 Å². The summed E-state index contributed by atoms with van der Waals surface area (Å²) in [5, 5.41) is 17.0. The van der Waals surface area contributed by atoms with E-state index in [0.717, 1.165) is 17.2 Å². The Hall–Kier alpha value is -4.61. The Kier molecular flexibility index (Phi) is 5.24. The van der Waals surface area contributed by atoms with E-state index in [-0.39, 0.29) is 54.7 Å². The van der Waals surface area contributed by atoms with Crippen LogP contribution in [0.15, 0.2) is 59.7 Å². The predicted molar refractivity (Wildman–Crippen MR) is 116 cm³/mol. The summed E-state index contributed by atoms with van der Waals surface area (Å²) in [5.74, 6) is 3.16. The lowest BCUT2D eigenvalue weighted by Crippen LogP contribution is -2.51. The van der Waals surface area contributed by atoms with Crippen LogP contribution in [0.5, 0.6) is 0 Å². The molecule has 12 heteroatoms. The molecule has 0 unspecified atom stereocenters. The highest BCUT2D eigenvalue weighted by atomic mass is 19.1. The Labute approximate surface area is 192 Å². The summed E-state index contributed by atoms with van der Waals surface area (Å²) in [7, 11) is 0. The summed E-state index contributed by atoms with van der Waals surface area (Å²) >= 11 is 0. The highest BCUT2D eigenvalue weighted by molar-refractivity contribution is 6.22. The molecule has 172 valence electrons. The molecule has 0 aliphatic carbocycles. The number of pyridine rings is 1. The van der Waals surface area contributed by atoms with E-state index in [1.807, 2.05) is 6.07 Å². The van der Waals surface area contributed by atoms with Crippen LogP contribution in [0.4, 0.5) is 10.1 Å². The Balaban J connectivity index is 1.36. The molecule has 5 rings (SSSR count). The van der Waals surface area contributed by atoms with E-state index in [2.05, 4.69) is 15.2 Å². The van der Waals surface area contributed by atoms with Crippen LogP contribution in [0.2, 0.25) is 0 Å². The molecule has 1 fully saturated rings. The summed E-state index contributed by atoms with van der Waals surface area (Å²) < 4.78 is 16.0. The van der Waals surface area contributed by atoms with E-state index < -0.39 is 17.5 Å². The van der Waals surface area contributed by atoms with Gasteiger partial charge in [-0.15, -0.1) is 9.67 Å². The van der Waals surface area contributed by atoms with Gasteiger partial charge in [0.25, 0.3) is 5.91 Å². The third-order valence-corrected chi connectivity index (χ3v) is 5.67. The van der Waals surface area contributed by atoms with Gasteiger partial charge in [0.1, 0.15) is 18.6 Å². The largest absolute Gasteiger partial charge is 0.868 e.